The van der Waals surface area contributed by atoms with Gasteiger partial charge in [0.25, 0.3) is 5.91 Å². The van der Waals surface area contributed by atoms with Crippen molar-refractivity contribution in [3.8, 4) is 0 Å². The monoisotopic (exact) mass is 274 g/mol. The molecule has 1 aliphatic heterocycles. The van der Waals surface area contributed by atoms with Crippen LogP contribution < -0.4 is 0 Å². The molecular formula is C13H18N6O. The largest absolute Gasteiger partial charge is 0.336 e. The molecule has 0 spiro atoms. The van der Waals surface area contributed by atoms with Gasteiger partial charge in [0.2, 0.25) is 0 Å². The summed E-state index contributed by atoms with van der Waals surface area (Å²) < 4.78 is 1.84. The maximum Gasteiger partial charge on any atom is 0.257 e. The van der Waals surface area contributed by atoms with Gasteiger partial charge in [-0.15, -0.1) is 0 Å². The van der Waals surface area contributed by atoms with Crippen LogP contribution in [0.4, 0.5) is 0 Å². The Bertz CT molecular complexity index is 575. The van der Waals surface area contributed by atoms with Crippen molar-refractivity contribution in [3.05, 3.63) is 30.1 Å². The van der Waals surface area contributed by atoms with Gasteiger partial charge in [0.05, 0.1) is 17.8 Å². The number of aromatic amines is 1. The number of nitrogens with one attached hydrogen (secondary N) is 1. The minimum Gasteiger partial charge on any atom is -0.336 e. The van der Waals surface area contributed by atoms with E-state index in [1.807, 2.05) is 16.5 Å². The third kappa shape index (κ3) is 2.31. The lowest BCUT2D eigenvalue weighted by atomic mass is 10.0. The van der Waals surface area contributed by atoms with E-state index in [1.54, 1.807) is 12.5 Å². The standard InChI is InChI=1S/C13H18N6O/c1-2-12-11(6-15-17-12)13(20)18-5-3-4-10(7-18)19-9-14-8-16-19/h6,8-10H,2-5,7H2,1H3,(H,15,17)/t10-/m1/s1. The molecule has 3 heterocycles. The van der Waals surface area contributed by atoms with Crippen molar-refractivity contribution >= 4 is 5.91 Å². The minimum atomic E-state index is 0.0559. The number of H-pyrrole nitrogens is 1. The van der Waals surface area contributed by atoms with Crippen LogP contribution in [-0.4, -0.2) is 48.9 Å². The first-order chi connectivity index (χ1) is 9.79. The number of carbonyl (C=O) groups excluding carboxylic acids is 1. The Kier molecular flexibility index (Phi) is 3.49. The summed E-state index contributed by atoms with van der Waals surface area (Å²) in [5.41, 5.74) is 1.59. The first kappa shape index (κ1) is 12.8. The molecule has 1 saturated heterocycles. The van der Waals surface area contributed by atoms with E-state index < -0.39 is 0 Å². The van der Waals surface area contributed by atoms with Gasteiger partial charge in [-0.3, -0.25) is 9.89 Å². The number of aryl methyl sites for hydroxylation is 1. The SMILES string of the molecule is CCc1[nH]ncc1C(=O)N1CCC[C@@H](n2cncn2)C1. The van der Waals surface area contributed by atoms with Crippen LogP contribution in [0.2, 0.25) is 0 Å². The van der Waals surface area contributed by atoms with E-state index in [9.17, 15) is 4.79 Å². The van der Waals surface area contributed by atoms with Crippen LogP contribution in [0.25, 0.3) is 0 Å². The molecule has 0 aliphatic carbocycles. The number of carbonyl (C=O) groups is 1. The van der Waals surface area contributed by atoms with Gasteiger partial charge in [-0.2, -0.15) is 10.2 Å². The van der Waals surface area contributed by atoms with Gasteiger partial charge >= 0.3 is 0 Å². The molecule has 20 heavy (non-hydrogen) atoms. The van der Waals surface area contributed by atoms with E-state index in [2.05, 4.69) is 20.3 Å². The quantitative estimate of drug-likeness (QED) is 0.907. The van der Waals surface area contributed by atoms with E-state index in [1.165, 1.54) is 6.33 Å². The summed E-state index contributed by atoms with van der Waals surface area (Å²) in [7, 11) is 0. The van der Waals surface area contributed by atoms with Crippen molar-refractivity contribution in [2.24, 2.45) is 0 Å². The Hall–Kier alpha value is -2.18. The zero-order chi connectivity index (χ0) is 13.9. The molecule has 2 aromatic rings. The van der Waals surface area contributed by atoms with Crippen LogP contribution in [0.3, 0.4) is 0 Å². The molecule has 2 aromatic heterocycles. The number of piperidine rings is 1. The predicted molar refractivity (Wildman–Crippen MR) is 72.2 cm³/mol. The summed E-state index contributed by atoms with van der Waals surface area (Å²) in [6.45, 7) is 3.48. The molecule has 7 nitrogen and oxygen atoms in total. The van der Waals surface area contributed by atoms with Gasteiger partial charge in [0.15, 0.2) is 0 Å². The van der Waals surface area contributed by atoms with Crippen LogP contribution >= 0.6 is 0 Å². The number of aromatic nitrogens is 5. The molecule has 0 radical (unpaired) electrons. The third-order valence-electron chi connectivity index (χ3n) is 3.80. The highest BCUT2D eigenvalue weighted by Crippen LogP contribution is 2.22. The molecule has 106 valence electrons. The smallest absolute Gasteiger partial charge is 0.257 e. The summed E-state index contributed by atoms with van der Waals surface area (Å²) in [6.07, 6.45) is 7.66. The van der Waals surface area contributed by atoms with Crippen molar-refractivity contribution in [1.29, 1.82) is 0 Å². The van der Waals surface area contributed by atoms with Gasteiger partial charge in [0, 0.05) is 18.8 Å². The van der Waals surface area contributed by atoms with E-state index >= 15 is 0 Å². The lowest BCUT2D eigenvalue weighted by Crippen LogP contribution is -2.41. The van der Waals surface area contributed by atoms with E-state index in [0.717, 1.165) is 31.5 Å². The molecule has 1 aliphatic rings. The van der Waals surface area contributed by atoms with Crippen molar-refractivity contribution in [3.63, 3.8) is 0 Å². The van der Waals surface area contributed by atoms with E-state index in [0.29, 0.717) is 12.1 Å². The van der Waals surface area contributed by atoms with E-state index in [-0.39, 0.29) is 11.9 Å². The molecule has 1 N–H and O–H groups in total. The summed E-state index contributed by atoms with van der Waals surface area (Å²) >= 11 is 0. The summed E-state index contributed by atoms with van der Waals surface area (Å²) in [6, 6.07) is 0.215. The topological polar surface area (TPSA) is 79.7 Å². The molecular weight excluding hydrogens is 256 g/mol. The maximum atomic E-state index is 12.6. The average molecular weight is 274 g/mol. The Morgan fingerprint density at radius 3 is 3.20 bits per heavy atom. The molecule has 0 bridgehead atoms. The number of hydrogen-bond acceptors (Lipinski definition) is 4. The highest BCUT2D eigenvalue weighted by Gasteiger charge is 2.27. The maximum absolute atomic E-state index is 12.6. The number of likely N-dealkylation sites (tertiary alicyclic amines) is 1. The van der Waals surface area contributed by atoms with Crippen molar-refractivity contribution in [1.82, 2.24) is 29.9 Å². The first-order valence-electron chi connectivity index (χ1n) is 6.95. The summed E-state index contributed by atoms with van der Waals surface area (Å²) in [5.74, 6) is 0.0559. The highest BCUT2D eigenvalue weighted by molar-refractivity contribution is 5.95. The summed E-state index contributed by atoms with van der Waals surface area (Å²) in [5, 5.41) is 11.0. The van der Waals surface area contributed by atoms with Gasteiger partial charge < -0.3 is 4.90 Å². The van der Waals surface area contributed by atoms with Crippen molar-refractivity contribution < 1.29 is 4.79 Å². The van der Waals surface area contributed by atoms with Crippen LogP contribution in [-0.2, 0) is 6.42 Å². The fraction of sp³-hybridized carbons (Fsp3) is 0.538. The zero-order valence-corrected chi connectivity index (χ0v) is 11.5. The third-order valence-corrected chi connectivity index (χ3v) is 3.80. The molecule has 0 saturated carbocycles. The fourth-order valence-electron chi connectivity index (χ4n) is 2.70. The fourth-order valence-corrected chi connectivity index (χ4v) is 2.70. The lowest BCUT2D eigenvalue weighted by molar-refractivity contribution is 0.0671. The van der Waals surface area contributed by atoms with Crippen LogP contribution in [0.15, 0.2) is 18.9 Å². The Morgan fingerprint density at radius 1 is 1.55 bits per heavy atom. The van der Waals surface area contributed by atoms with Crippen LogP contribution in [0, 0.1) is 0 Å². The average Bonchev–Trinajstić information content (AvgIpc) is 3.17. The Labute approximate surface area is 117 Å². The number of amides is 1. The van der Waals surface area contributed by atoms with Gasteiger partial charge in [-0.05, 0) is 19.3 Å². The molecule has 3 rings (SSSR count). The number of rotatable bonds is 3. The molecule has 1 amide bonds. The lowest BCUT2D eigenvalue weighted by Gasteiger charge is -2.32. The van der Waals surface area contributed by atoms with Crippen molar-refractivity contribution in [2.45, 2.75) is 32.2 Å². The summed E-state index contributed by atoms with van der Waals surface area (Å²) in [4.78, 5) is 18.4. The van der Waals surface area contributed by atoms with E-state index in [4.69, 9.17) is 0 Å². The Morgan fingerprint density at radius 2 is 2.45 bits per heavy atom. The molecule has 0 aromatic carbocycles. The first-order valence-corrected chi connectivity index (χ1v) is 6.95. The molecule has 1 fully saturated rings. The predicted octanol–water partition coefficient (Wildman–Crippen LogP) is 1.04. The van der Waals surface area contributed by atoms with Gasteiger partial charge in [-0.25, -0.2) is 9.67 Å². The second kappa shape index (κ2) is 5.44. The number of nitrogens with zero attached hydrogens (tertiary/aromatic N) is 5. The Balaban J connectivity index is 1.75. The normalized spacial score (nSPS) is 19.2. The van der Waals surface area contributed by atoms with Gasteiger partial charge in [-0.1, -0.05) is 6.92 Å². The zero-order valence-electron chi connectivity index (χ0n) is 11.5. The molecule has 1 atom stereocenters. The molecule has 7 heteroatoms. The van der Waals surface area contributed by atoms with Crippen LogP contribution in [0.1, 0.15) is 41.9 Å². The second-order valence-corrected chi connectivity index (χ2v) is 5.04. The molecule has 0 unspecified atom stereocenters. The van der Waals surface area contributed by atoms with Crippen LogP contribution in [0.5, 0.6) is 0 Å². The van der Waals surface area contributed by atoms with Crippen molar-refractivity contribution in [2.75, 3.05) is 13.1 Å². The second-order valence-electron chi connectivity index (χ2n) is 5.04. The number of hydrogen-bond donors (Lipinski definition) is 1. The minimum absolute atomic E-state index is 0.0559. The van der Waals surface area contributed by atoms with Gasteiger partial charge in [0.1, 0.15) is 12.7 Å². The highest BCUT2D eigenvalue weighted by atomic mass is 16.2.